The van der Waals surface area contributed by atoms with Crippen LogP contribution in [0, 0.1) is 0 Å². The summed E-state index contributed by atoms with van der Waals surface area (Å²) in [5.41, 5.74) is 0.847. The van der Waals surface area contributed by atoms with E-state index in [0.29, 0.717) is 5.92 Å². The van der Waals surface area contributed by atoms with E-state index in [2.05, 4.69) is 10.3 Å². The van der Waals surface area contributed by atoms with Crippen LogP contribution in [0.25, 0.3) is 0 Å². The van der Waals surface area contributed by atoms with Gasteiger partial charge in [0.25, 0.3) is 0 Å². The lowest BCUT2D eigenvalue weighted by atomic mass is 9.98. The first-order valence-corrected chi connectivity index (χ1v) is 7.71. The van der Waals surface area contributed by atoms with Crippen LogP contribution in [0.4, 0.5) is 10.5 Å². The molecule has 1 aromatic heterocycles. The van der Waals surface area contributed by atoms with Crippen LogP contribution in [0.1, 0.15) is 23.8 Å². The third-order valence-electron chi connectivity index (χ3n) is 3.61. The second kappa shape index (κ2) is 6.05. The zero-order chi connectivity index (χ0) is 13.8. The van der Waals surface area contributed by atoms with E-state index in [4.69, 9.17) is 0 Å². The molecule has 0 saturated carbocycles. The molecule has 0 bridgehead atoms. The smallest absolute Gasteiger partial charge is 0.321 e. The Morgan fingerprint density at radius 2 is 2.00 bits per heavy atom. The Morgan fingerprint density at radius 1 is 1.25 bits per heavy atom. The molecule has 20 heavy (non-hydrogen) atoms. The van der Waals surface area contributed by atoms with Crippen LogP contribution in [0.3, 0.4) is 0 Å². The second-order valence-corrected chi connectivity index (χ2v) is 5.85. The molecule has 4 nitrogen and oxygen atoms in total. The lowest BCUT2D eigenvalue weighted by Crippen LogP contribution is -2.40. The Morgan fingerprint density at radius 3 is 2.65 bits per heavy atom. The molecule has 1 N–H and O–H groups in total. The maximum absolute atomic E-state index is 12.2. The molecule has 3 rings (SSSR count). The standard InChI is InChI=1S/C15H17N3OS/c19-15(17-13-4-2-1-3-5-13)18-9-6-12(7-10-18)14-16-8-11-20-14/h1-5,8,11-12H,6-7,9-10H2,(H,17,19). The predicted molar refractivity (Wildman–Crippen MR) is 81.1 cm³/mol. The molecule has 1 saturated heterocycles. The van der Waals surface area contributed by atoms with E-state index in [0.717, 1.165) is 31.6 Å². The minimum Gasteiger partial charge on any atom is -0.324 e. The highest BCUT2D eigenvalue weighted by atomic mass is 32.1. The highest BCUT2D eigenvalue weighted by Crippen LogP contribution is 2.29. The maximum Gasteiger partial charge on any atom is 0.321 e. The third-order valence-corrected chi connectivity index (χ3v) is 4.55. The van der Waals surface area contributed by atoms with Crippen molar-refractivity contribution in [3.05, 3.63) is 46.9 Å². The van der Waals surface area contributed by atoms with Crippen molar-refractivity contribution in [3.63, 3.8) is 0 Å². The van der Waals surface area contributed by atoms with Gasteiger partial charge in [-0.15, -0.1) is 11.3 Å². The Labute approximate surface area is 122 Å². The molecule has 0 atom stereocenters. The molecule has 0 radical (unpaired) electrons. The van der Waals surface area contributed by atoms with Gasteiger partial charge in [-0.05, 0) is 25.0 Å². The van der Waals surface area contributed by atoms with E-state index in [9.17, 15) is 4.79 Å². The van der Waals surface area contributed by atoms with E-state index in [1.165, 1.54) is 5.01 Å². The van der Waals surface area contributed by atoms with Gasteiger partial charge < -0.3 is 10.2 Å². The minimum absolute atomic E-state index is 0.00575. The van der Waals surface area contributed by atoms with Crippen molar-refractivity contribution in [1.29, 1.82) is 0 Å². The first-order chi connectivity index (χ1) is 9.83. The molecule has 1 aliphatic heterocycles. The number of likely N-dealkylation sites (tertiary alicyclic amines) is 1. The summed E-state index contributed by atoms with van der Waals surface area (Å²) < 4.78 is 0. The van der Waals surface area contributed by atoms with Gasteiger partial charge in [0, 0.05) is 36.3 Å². The lowest BCUT2D eigenvalue weighted by molar-refractivity contribution is 0.194. The quantitative estimate of drug-likeness (QED) is 0.918. The van der Waals surface area contributed by atoms with Gasteiger partial charge in [0.2, 0.25) is 0 Å². The highest BCUT2D eigenvalue weighted by molar-refractivity contribution is 7.09. The number of nitrogens with one attached hydrogen (secondary N) is 1. The summed E-state index contributed by atoms with van der Waals surface area (Å²) >= 11 is 1.71. The summed E-state index contributed by atoms with van der Waals surface area (Å²) in [6.07, 6.45) is 3.85. The fourth-order valence-corrected chi connectivity index (χ4v) is 3.30. The Hall–Kier alpha value is -1.88. The topological polar surface area (TPSA) is 45.2 Å². The largest absolute Gasteiger partial charge is 0.324 e. The van der Waals surface area contributed by atoms with Crippen LogP contribution in [-0.4, -0.2) is 29.0 Å². The van der Waals surface area contributed by atoms with Crippen LogP contribution in [0.2, 0.25) is 0 Å². The molecule has 2 amide bonds. The maximum atomic E-state index is 12.2. The van der Waals surface area contributed by atoms with Gasteiger partial charge in [-0.25, -0.2) is 9.78 Å². The number of hydrogen-bond acceptors (Lipinski definition) is 3. The monoisotopic (exact) mass is 287 g/mol. The van der Waals surface area contributed by atoms with Crippen molar-refractivity contribution in [1.82, 2.24) is 9.88 Å². The fraction of sp³-hybridized carbons (Fsp3) is 0.333. The number of thiazole rings is 1. The first-order valence-electron chi connectivity index (χ1n) is 6.83. The number of hydrogen-bond donors (Lipinski definition) is 1. The second-order valence-electron chi connectivity index (χ2n) is 4.93. The summed E-state index contributed by atoms with van der Waals surface area (Å²) in [5.74, 6) is 0.510. The Bertz CT molecular complexity index is 548. The Balaban J connectivity index is 1.54. The molecule has 0 spiro atoms. The van der Waals surface area contributed by atoms with Gasteiger partial charge in [0.05, 0.1) is 5.01 Å². The van der Waals surface area contributed by atoms with Gasteiger partial charge in [-0.2, -0.15) is 0 Å². The zero-order valence-electron chi connectivity index (χ0n) is 11.2. The Kier molecular flexibility index (Phi) is 3.97. The first kappa shape index (κ1) is 13.1. The number of para-hydroxylation sites is 1. The number of carbonyl (C=O) groups excluding carboxylic acids is 1. The molecule has 1 fully saturated rings. The molecular weight excluding hydrogens is 270 g/mol. The molecule has 104 valence electrons. The van der Waals surface area contributed by atoms with Gasteiger partial charge in [0.15, 0.2) is 0 Å². The molecule has 1 aliphatic rings. The summed E-state index contributed by atoms with van der Waals surface area (Å²) in [4.78, 5) is 18.4. The van der Waals surface area contributed by atoms with Gasteiger partial charge in [-0.1, -0.05) is 18.2 Å². The summed E-state index contributed by atoms with van der Waals surface area (Å²) in [5, 5.41) is 6.15. The van der Waals surface area contributed by atoms with Crippen molar-refractivity contribution >= 4 is 23.1 Å². The van der Waals surface area contributed by atoms with Crippen LogP contribution in [0.15, 0.2) is 41.9 Å². The van der Waals surface area contributed by atoms with E-state index in [1.807, 2.05) is 46.8 Å². The van der Waals surface area contributed by atoms with Crippen molar-refractivity contribution in [2.75, 3.05) is 18.4 Å². The van der Waals surface area contributed by atoms with Crippen molar-refractivity contribution in [2.24, 2.45) is 0 Å². The van der Waals surface area contributed by atoms with Gasteiger partial charge in [-0.3, -0.25) is 0 Å². The molecule has 2 heterocycles. The molecule has 0 aliphatic carbocycles. The molecule has 0 unspecified atom stereocenters. The number of piperidine rings is 1. The number of nitrogens with zero attached hydrogens (tertiary/aromatic N) is 2. The fourth-order valence-electron chi connectivity index (χ4n) is 2.49. The zero-order valence-corrected chi connectivity index (χ0v) is 12.0. The number of carbonyl (C=O) groups is 1. The molecular formula is C15H17N3OS. The van der Waals surface area contributed by atoms with E-state index in [-0.39, 0.29) is 6.03 Å². The van der Waals surface area contributed by atoms with Crippen LogP contribution < -0.4 is 5.32 Å². The van der Waals surface area contributed by atoms with E-state index in [1.54, 1.807) is 11.3 Å². The van der Waals surface area contributed by atoms with E-state index < -0.39 is 0 Å². The van der Waals surface area contributed by atoms with Crippen molar-refractivity contribution < 1.29 is 4.79 Å². The van der Waals surface area contributed by atoms with Gasteiger partial charge in [0.1, 0.15) is 0 Å². The predicted octanol–water partition coefficient (Wildman–Crippen LogP) is 3.55. The SMILES string of the molecule is O=C(Nc1ccccc1)N1CCC(c2nccs2)CC1. The van der Waals surface area contributed by atoms with Crippen molar-refractivity contribution in [3.8, 4) is 0 Å². The van der Waals surface area contributed by atoms with Crippen LogP contribution in [-0.2, 0) is 0 Å². The number of rotatable bonds is 2. The average molecular weight is 287 g/mol. The number of urea groups is 1. The number of benzene rings is 1. The lowest BCUT2D eigenvalue weighted by Gasteiger charge is -2.31. The number of anilines is 1. The molecule has 2 aromatic rings. The van der Waals surface area contributed by atoms with Gasteiger partial charge >= 0.3 is 6.03 Å². The average Bonchev–Trinajstić information content (AvgIpc) is 3.03. The summed E-state index contributed by atoms with van der Waals surface area (Å²) in [7, 11) is 0. The molecule has 1 aromatic carbocycles. The van der Waals surface area contributed by atoms with Crippen molar-refractivity contribution in [2.45, 2.75) is 18.8 Å². The highest BCUT2D eigenvalue weighted by Gasteiger charge is 2.25. The van der Waals surface area contributed by atoms with E-state index >= 15 is 0 Å². The van der Waals surface area contributed by atoms with Crippen LogP contribution >= 0.6 is 11.3 Å². The molecule has 5 heteroatoms. The third kappa shape index (κ3) is 2.99. The summed E-state index contributed by atoms with van der Waals surface area (Å²) in [6.45, 7) is 1.59. The summed E-state index contributed by atoms with van der Waals surface area (Å²) in [6, 6.07) is 9.58. The normalized spacial score (nSPS) is 16.1. The number of aromatic nitrogens is 1. The minimum atomic E-state index is -0.00575. The number of amides is 2. The van der Waals surface area contributed by atoms with Crippen LogP contribution in [0.5, 0.6) is 0 Å².